The summed E-state index contributed by atoms with van der Waals surface area (Å²) in [4.78, 5) is 25.8. The van der Waals surface area contributed by atoms with E-state index in [2.05, 4.69) is 5.32 Å². The first-order chi connectivity index (χ1) is 10.5. The number of carbonyl (C=O) groups excluding carboxylic acids is 2. The molecule has 0 saturated heterocycles. The van der Waals surface area contributed by atoms with Crippen molar-refractivity contribution in [3.05, 3.63) is 35.9 Å². The Balaban J connectivity index is 2.50. The molecule has 0 fully saturated rings. The van der Waals surface area contributed by atoms with Gasteiger partial charge in [0.15, 0.2) is 0 Å². The van der Waals surface area contributed by atoms with Gasteiger partial charge in [0, 0.05) is 13.1 Å². The van der Waals surface area contributed by atoms with E-state index >= 15 is 0 Å². The van der Waals surface area contributed by atoms with Crippen LogP contribution in [0.25, 0.3) is 0 Å². The van der Waals surface area contributed by atoms with Crippen LogP contribution in [0.15, 0.2) is 30.3 Å². The highest BCUT2D eigenvalue weighted by atomic mass is 16.2. The van der Waals surface area contributed by atoms with Gasteiger partial charge in [-0.15, -0.1) is 0 Å². The number of nitrogens with one attached hydrogen (secondary N) is 1. The molecular weight excluding hydrogens is 278 g/mol. The number of nitrogens with two attached hydrogens (primary N) is 1. The summed E-state index contributed by atoms with van der Waals surface area (Å²) in [6, 6.07) is 9.22. The van der Waals surface area contributed by atoms with Gasteiger partial charge in [0.25, 0.3) is 0 Å². The quantitative estimate of drug-likeness (QED) is 0.764. The van der Waals surface area contributed by atoms with E-state index in [1.165, 1.54) is 0 Å². The summed E-state index contributed by atoms with van der Waals surface area (Å²) in [6.07, 6.45) is 0.831. The SMILES string of the molecule is CCC(C)C(N)C(=O)NCC(=O)N(CC)Cc1ccccc1. The van der Waals surface area contributed by atoms with Crippen LogP contribution in [-0.2, 0) is 16.1 Å². The lowest BCUT2D eigenvalue weighted by molar-refractivity contribution is -0.133. The fourth-order valence-electron chi connectivity index (χ4n) is 2.08. The lowest BCUT2D eigenvalue weighted by Crippen LogP contribution is -2.48. The van der Waals surface area contributed by atoms with Crippen LogP contribution in [0.5, 0.6) is 0 Å². The lowest BCUT2D eigenvalue weighted by Gasteiger charge is -2.22. The van der Waals surface area contributed by atoms with Gasteiger partial charge in [0.2, 0.25) is 11.8 Å². The highest BCUT2D eigenvalue weighted by Crippen LogP contribution is 2.06. The maximum Gasteiger partial charge on any atom is 0.242 e. The van der Waals surface area contributed by atoms with Crippen LogP contribution < -0.4 is 11.1 Å². The van der Waals surface area contributed by atoms with E-state index in [0.29, 0.717) is 13.1 Å². The molecule has 0 aromatic heterocycles. The molecule has 2 unspecified atom stereocenters. The van der Waals surface area contributed by atoms with Crippen molar-refractivity contribution in [2.75, 3.05) is 13.1 Å². The largest absolute Gasteiger partial charge is 0.346 e. The van der Waals surface area contributed by atoms with Crippen molar-refractivity contribution < 1.29 is 9.59 Å². The molecule has 1 rings (SSSR count). The van der Waals surface area contributed by atoms with Crippen molar-refractivity contribution in [1.82, 2.24) is 10.2 Å². The Morgan fingerprint density at radius 2 is 1.86 bits per heavy atom. The van der Waals surface area contributed by atoms with E-state index in [1.807, 2.05) is 51.1 Å². The minimum absolute atomic E-state index is 0.0103. The molecule has 1 aromatic rings. The Morgan fingerprint density at radius 1 is 1.23 bits per heavy atom. The highest BCUT2D eigenvalue weighted by molar-refractivity contribution is 5.87. The fourth-order valence-corrected chi connectivity index (χ4v) is 2.08. The topological polar surface area (TPSA) is 75.4 Å². The zero-order valence-corrected chi connectivity index (χ0v) is 13.7. The van der Waals surface area contributed by atoms with Gasteiger partial charge in [0.05, 0.1) is 12.6 Å². The van der Waals surface area contributed by atoms with E-state index in [0.717, 1.165) is 12.0 Å². The van der Waals surface area contributed by atoms with Gasteiger partial charge >= 0.3 is 0 Å². The second kappa shape index (κ2) is 9.20. The maximum atomic E-state index is 12.2. The average Bonchev–Trinajstić information content (AvgIpc) is 2.56. The average molecular weight is 305 g/mol. The van der Waals surface area contributed by atoms with Gasteiger partial charge in [-0.25, -0.2) is 0 Å². The number of carbonyl (C=O) groups is 2. The number of hydrogen-bond acceptors (Lipinski definition) is 3. The number of nitrogens with zero attached hydrogens (tertiary/aromatic N) is 1. The molecule has 2 amide bonds. The number of amides is 2. The fraction of sp³-hybridized carbons (Fsp3) is 0.529. The minimum Gasteiger partial charge on any atom is -0.346 e. The van der Waals surface area contributed by atoms with Crippen LogP contribution in [0, 0.1) is 5.92 Å². The van der Waals surface area contributed by atoms with Gasteiger partial charge in [-0.1, -0.05) is 50.6 Å². The van der Waals surface area contributed by atoms with Gasteiger partial charge < -0.3 is 16.0 Å². The summed E-state index contributed by atoms with van der Waals surface area (Å²) in [5.74, 6) is -0.267. The summed E-state index contributed by atoms with van der Waals surface area (Å²) in [5.41, 5.74) is 6.92. The maximum absolute atomic E-state index is 12.2. The van der Waals surface area contributed by atoms with Crippen LogP contribution in [0.3, 0.4) is 0 Å². The van der Waals surface area contributed by atoms with Gasteiger partial charge in [-0.2, -0.15) is 0 Å². The summed E-state index contributed by atoms with van der Waals surface area (Å²) in [5, 5.41) is 2.64. The summed E-state index contributed by atoms with van der Waals surface area (Å²) < 4.78 is 0. The summed E-state index contributed by atoms with van der Waals surface area (Å²) in [6.45, 7) is 6.98. The molecule has 0 heterocycles. The molecule has 0 aliphatic heterocycles. The molecule has 2 atom stereocenters. The van der Waals surface area contributed by atoms with Crippen molar-refractivity contribution in [1.29, 1.82) is 0 Å². The first-order valence-corrected chi connectivity index (χ1v) is 7.84. The molecule has 1 aromatic carbocycles. The van der Waals surface area contributed by atoms with Crippen LogP contribution in [0.4, 0.5) is 0 Å². The van der Waals surface area contributed by atoms with Crippen LogP contribution >= 0.6 is 0 Å². The summed E-state index contributed by atoms with van der Waals surface area (Å²) in [7, 11) is 0. The Bertz CT molecular complexity index is 476. The predicted molar refractivity (Wildman–Crippen MR) is 88.0 cm³/mol. The molecule has 0 spiro atoms. The van der Waals surface area contributed by atoms with Crippen molar-refractivity contribution in [2.24, 2.45) is 11.7 Å². The van der Waals surface area contributed by atoms with Gasteiger partial charge in [-0.05, 0) is 18.4 Å². The molecule has 0 aliphatic rings. The second-order valence-corrected chi connectivity index (χ2v) is 5.52. The van der Waals surface area contributed by atoms with Crippen molar-refractivity contribution in [3.63, 3.8) is 0 Å². The molecule has 0 radical (unpaired) electrons. The molecule has 5 nitrogen and oxygen atoms in total. The third-order valence-electron chi connectivity index (χ3n) is 3.92. The number of rotatable bonds is 8. The molecule has 0 aliphatic carbocycles. The van der Waals surface area contributed by atoms with Crippen LogP contribution in [0.2, 0.25) is 0 Å². The highest BCUT2D eigenvalue weighted by Gasteiger charge is 2.20. The summed E-state index contributed by atoms with van der Waals surface area (Å²) >= 11 is 0. The molecule has 122 valence electrons. The normalized spacial score (nSPS) is 13.3. The Morgan fingerprint density at radius 3 is 2.41 bits per heavy atom. The number of likely N-dealkylation sites (N-methyl/N-ethyl adjacent to an activating group) is 1. The van der Waals surface area contributed by atoms with Gasteiger partial charge in [-0.3, -0.25) is 9.59 Å². The zero-order chi connectivity index (χ0) is 16.5. The molecule has 0 bridgehead atoms. The molecule has 22 heavy (non-hydrogen) atoms. The first-order valence-electron chi connectivity index (χ1n) is 7.84. The predicted octanol–water partition coefficient (Wildman–Crippen LogP) is 1.52. The molecular formula is C17H27N3O2. The van der Waals surface area contributed by atoms with Crippen molar-refractivity contribution in [3.8, 4) is 0 Å². The smallest absolute Gasteiger partial charge is 0.242 e. The van der Waals surface area contributed by atoms with E-state index in [9.17, 15) is 9.59 Å². The van der Waals surface area contributed by atoms with Crippen molar-refractivity contribution >= 4 is 11.8 Å². The Hall–Kier alpha value is -1.88. The van der Waals surface area contributed by atoms with E-state index in [4.69, 9.17) is 5.73 Å². The van der Waals surface area contributed by atoms with E-state index in [-0.39, 0.29) is 24.3 Å². The first kappa shape index (κ1) is 18.2. The molecule has 3 N–H and O–H groups in total. The zero-order valence-electron chi connectivity index (χ0n) is 13.7. The third-order valence-corrected chi connectivity index (χ3v) is 3.92. The minimum atomic E-state index is -0.568. The lowest BCUT2D eigenvalue weighted by atomic mass is 9.99. The van der Waals surface area contributed by atoms with Crippen LogP contribution in [0.1, 0.15) is 32.8 Å². The van der Waals surface area contributed by atoms with Gasteiger partial charge in [0.1, 0.15) is 0 Å². The molecule has 5 heteroatoms. The monoisotopic (exact) mass is 305 g/mol. The van der Waals surface area contributed by atoms with E-state index < -0.39 is 6.04 Å². The number of hydrogen-bond donors (Lipinski definition) is 2. The Kier molecular flexibility index (Phi) is 7.60. The Labute approximate surface area is 132 Å². The number of benzene rings is 1. The molecule has 0 saturated carbocycles. The third kappa shape index (κ3) is 5.48. The van der Waals surface area contributed by atoms with E-state index in [1.54, 1.807) is 4.90 Å². The second-order valence-electron chi connectivity index (χ2n) is 5.52. The standard InChI is InChI=1S/C17H27N3O2/c1-4-13(3)16(18)17(22)19-11-15(21)20(5-2)12-14-9-7-6-8-10-14/h6-10,13,16H,4-5,11-12,18H2,1-3H3,(H,19,22). The van der Waals surface area contributed by atoms with Crippen LogP contribution in [-0.4, -0.2) is 35.8 Å². The van der Waals surface area contributed by atoms with Crippen molar-refractivity contribution in [2.45, 2.75) is 39.8 Å².